The predicted octanol–water partition coefficient (Wildman–Crippen LogP) is 4.14. The average Bonchev–Trinajstić information content (AvgIpc) is 3.52. The molecule has 8 heteroatoms. The van der Waals surface area contributed by atoms with Gasteiger partial charge in [-0.3, -0.25) is 14.9 Å². The van der Waals surface area contributed by atoms with Gasteiger partial charge in [0.05, 0.1) is 10.4 Å². The number of rotatable bonds is 4. The molecule has 1 atom stereocenters. The van der Waals surface area contributed by atoms with Gasteiger partial charge >= 0.3 is 0 Å². The summed E-state index contributed by atoms with van der Waals surface area (Å²) in [6.07, 6.45) is 2.79. The summed E-state index contributed by atoms with van der Waals surface area (Å²) >= 11 is 1.50. The fourth-order valence-corrected chi connectivity index (χ4v) is 5.26. The summed E-state index contributed by atoms with van der Waals surface area (Å²) in [7, 11) is 4.13. The summed E-state index contributed by atoms with van der Waals surface area (Å²) in [6.45, 7) is 5.47. The second kappa shape index (κ2) is 8.11. The molecule has 7 nitrogen and oxygen atoms in total. The Bertz CT molecular complexity index is 1290. The number of likely N-dealkylation sites (tertiary alicyclic amines) is 1. The molecule has 0 radical (unpaired) electrons. The normalized spacial score (nSPS) is 16.4. The Hall–Kier alpha value is -3.10. The van der Waals surface area contributed by atoms with Crippen molar-refractivity contribution in [2.24, 2.45) is 0 Å². The van der Waals surface area contributed by atoms with Crippen LogP contribution < -0.4 is 0 Å². The van der Waals surface area contributed by atoms with Gasteiger partial charge in [-0.25, -0.2) is 4.98 Å². The van der Waals surface area contributed by atoms with E-state index in [0.717, 1.165) is 62.8 Å². The van der Waals surface area contributed by atoms with Crippen LogP contribution in [0.1, 0.15) is 28.2 Å². The zero-order valence-electron chi connectivity index (χ0n) is 18.7. The van der Waals surface area contributed by atoms with Gasteiger partial charge in [0.25, 0.3) is 5.91 Å². The van der Waals surface area contributed by atoms with Crippen LogP contribution in [0.5, 0.6) is 0 Å². The highest BCUT2D eigenvalue weighted by atomic mass is 32.1. The van der Waals surface area contributed by atoms with E-state index in [1.807, 2.05) is 42.3 Å². The first kappa shape index (κ1) is 20.8. The fourth-order valence-electron chi connectivity index (χ4n) is 4.21. The molecule has 4 heterocycles. The second-order valence-corrected chi connectivity index (χ2v) is 9.61. The molecule has 1 aliphatic heterocycles. The molecule has 1 N–H and O–H groups in total. The number of aryl methyl sites for hydroxylation is 2. The number of benzene rings is 1. The molecule has 4 aromatic rings. The molecule has 0 saturated carbocycles. The summed E-state index contributed by atoms with van der Waals surface area (Å²) in [6, 6.07) is 10.5. The van der Waals surface area contributed by atoms with Gasteiger partial charge in [-0.2, -0.15) is 5.10 Å². The highest BCUT2D eigenvalue weighted by Gasteiger charge is 2.32. The van der Waals surface area contributed by atoms with Crippen LogP contribution >= 0.6 is 11.3 Å². The number of fused-ring (bicyclic) bond motifs is 1. The zero-order chi connectivity index (χ0) is 22.4. The Morgan fingerprint density at radius 3 is 2.78 bits per heavy atom. The largest absolute Gasteiger partial charge is 0.336 e. The van der Waals surface area contributed by atoms with E-state index in [2.05, 4.69) is 47.2 Å². The number of H-pyrrole nitrogens is 1. The van der Waals surface area contributed by atoms with Crippen LogP contribution in [0.25, 0.3) is 32.0 Å². The molecular formula is C24H26N6OS. The van der Waals surface area contributed by atoms with Crippen LogP contribution in [0, 0.1) is 13.8 Å². The van der Waals surface area contributed by atoms with Gasteiger partial charge in [-0.15, -0.1) is 11.3 Å². The Balaban J connectivity index is 1.60. The number of amides is 1. The minimum absolute atomic E-state index is 0.0246. The van der Waals surface area contributed by atoms with Crippen molar-refractivity contribution in [3.63, 3.8) is 0 Å². The Morgan fingerprint density at radius 2 is 2.06 bits per heavy atom. The number of pyridine rings is 1. The van der Waals surface area contributed by atoms with Gasteiger partial charge in [0.2, 0.25) is 0 Å². The highest BCUT2D eigenvalue weighted by Crippen LogP contribution is 2.38. The topological polar surface area (TPSA) is 78.0 Å². The highest BCUT2D eigenvalue weighted by molar-refractivity contribution is 7.18. The smallest absolute Gasteiger partial charge is 0.274 e. The minimum atomic E-state index is -0.0246. The number of carbonyl (C=O) groups is 1. The summed E-state index contributed by atoms with van der Waals surface area (Å²) in [5.74, 6) is -0.0246. The number of hydrogen-bond acceptors (Lipinski definition) is 6. The van der Waals surface area contributed by atoms with Gasteiger partial charge < -0.3 is 9.80 Å². The lowest BCUT2D eigenvalue weighted by Gasteiger charge is -2.20. The molecule has 0 aliphatic carbocycles. The van der Waals surface area contributed by atoms with Crippen molar-refractivity contribution >= 4 is 28.1 Å². The first-order valence-electron chi connectivity index (χ1n) is 10.8. The molecule has 1 unspecified atom stereocenters. The molecular weight excluding hydrogens is 420 g/mol. The van der Waals surface area contributed by atoms with Crippen LogP contribution in [0.3, 0.4) is 0 Å². The van der Waals surface area contributed by atoms with Gasteiger partial charge in [0, 0.05) is 42.0 Å². The number of aromatic amines is 1. The number of aromatic nitrogens is 4. The van der Waals surface area contributed by atoms with E-state index in [-0.39, 0.29) is 5.91 Å². The molecule has 3 aromatic heterocycles. The maximum Gasteiger partial charge on any atom is 0.274 e. The Morgan fingerprint density at radius 1 is 1.22 bits per heavy atom. The first-order chi connectivity index (χ1) is 15.4. The van der Waals surface area contributed by atoms with Crippen LogP contribution in [-0.2, 0) is 0 Å². The summed E-state index contributed by atoms with van der Waals surface area (Å²) in [5, 5.41) is 9.45. The second-order valence-electron chi connectivity index (χ2n) is 8.61. The molecule has 1 fully saturated rings. The molecule has 1 aliphatic rings. The van der Waals surface area contributed by atoms with Crippen molar-refractivity contribution in [1.29, 1.82) is 0 Å². The lowest BCUT2D eigenvalue weighted by molar-refractivity contribution is 0.0779. The standard InChI is InChI=1S/C24H26N6OS/c1-14-6-5-7-18-19(14)27-28-20(18)23-26-21(22(32-23)16-9-8-15(2)25-12-16)24(31)30-11-10-17(13-30)29(3)4/h5-9,12,17H,10-11,13H2,1-4H3,(H,27,28). The predicted molar refractivity (Wildman–Crippen MR) is 128 cm³/mol. The monoisotopic (exact) mass is 446 g/mol. The molecule has 0 bridgehead atoms. The van der Waals surface area contributed by atoms with Crippen LogP contribution in [-0.4, -0.2) is 69.1 Å². The van der Waals surface area contributed by atoms with E-state index in [1.54, 1.807) is 0 Å². The first-order valence-corrected chi connectivity index (χ1v) is 11.6. The molecule has 0 spiro atoms. The maximum absolute atomic E-state index is 13.6. The number of likely N-dealkylation sites (N-methyl/N-ethyl adjacent to an activating group) is 1. The number of nitrogens with one attached hydrogen (secondary N) is 1. The molecule has 1 saturated heterocycles. The van der Waals surface area contributed by atoms with E-state index < -0.39 is 0 Å². The lowest BCUT2D eigenvalue weighted by Crippen LogP contribution is -2.34. The third-order valence-corrected chi connectivity index (χ3v) is 7.31. The van der Waals surface area contributed by atoms with Crippen LogP contribution in [0.4, 0.5) is 0 Å². The zero-order valence-corrected chi connectivity index (χ0v) is 19.5. The number of carbonyl (C=O) groups excluding carboxylic acids is 1. The maximum atomic E-state index is 13.6. The summed E-state index contributed by atoms with van der Waals surface area (Å²) in [4.78, 5) is 27.8. The lowest BCUT2D eigenvalue weighted by atomic mass is 10.1. The van der Waals surface area contributed by atoms with Gasteiger partial charge in [0.1, 0.15) is 16.4 Å². The van der Waals surface area contributed by atoms with Crippen molar-refractivity contribution in [3.05, 3.63) is 53.5 Å². The third-order valence-electron chi connectivity index (χ3n) is 6.19. The van der Waals surface area contributed by atoms with Gasteiger partial charge in [-0.1, -0.05) is 24.3 Å². The van der Waals surface area contributed by atoms with E-state index in [4.69, 9.17) is 4.98 Å². The van der Waals surface area contributed by atoms with Crippen molar-refractivity contribution in [1.82, 2.24) is 30.0 Å². The molecule has 1 amide bonds. The summed E-state index contributed by atoms with van der Waals surface area (Å²) < 4.78 is 0. The molecule has 5 rings (SSSR count). The van der Waals surface area contributed by atoms with Crippen molar-refractivity contribution in [2.45, 2.75) is 26.3 Å². The minimum Gasteiger partial charge on any atom is -0.336 e. The number of hydrogen-bond donors (Lipinski definition) is 1. The van der Waals surface area contributed by atoms with E-state index in [1.165, 1.54) is 11.3 Å². The van der Waals surface area contributed by atoms with Gasteiger partial charge in [-0.05, 0) is 46.0 Å². The SMILES string of the molecule is Cc1ccc(-c2sc(-c3n[nH]c4c(C)cccc34)nc2C(=O)N2CCC(N(C)C)C2)cn1. The molecule has 164 valence electrons. The van der Waals surface area contributed by atoms with Crippen molar-refractivity contribution in [2.75, 3.05) is 27.2 Å². The van der Waals surface area contributed by atoms with Gasteiger partial charge in [0.15, 0.2) is 0 Å². The van der Waals surface area contributed by atoms with Crippen molar-refractivity contribution < 1.29 is 4.79 Å². The Labute approximate surface area is 191 Å². The van der Waals surface area contributed by atoms with E-state index in [9.17, 15) is 4.79 Å². The number of para-hydroxylation sites is 1. The van der Waals surface area contributed by atoms with Crippen molar-refractivity contribution in [3.8, 4) is 21.1 Å². The third kappa shape index (κ3) is 3.59. The molecule has 32 heavy (non-hydrogen) atoms. The average molecular weight is 447 g/mol. The number of nitrogens with zero attached hydrogens (tertiary/aromatic N) is 5. The van der Waals surface area contributed by atoms with Crippen LogP contribution in [0.2, 0.25) is 0 Å². The fraction of sp³-hybridized carbons (Fsp3) is 0.333. The number of thiazole rings is 1. The quantitative estimate of drug-likeness (QED) is 0.510. The summed E-state index contributed by atoms with van der Waals surface area (Å²) in [5.41, 5.74) is 5.23. The van der Waals surface area contributed by atoms with E-state index >= 15 is 0 Å². The Kier molecular flexibility index (Phi) is 5.27. The molecule has 1 aromatic carbocycles. The van der Waals surface area contributed by atoms with E-state index in [0.29, 0.717) is 11.7 Å². The van der Waals surface area contributed by atoms with Crippen LogP contribution in [0.15, 0.2) is 36.5 Å².